The highest BCUT2D eigenvalue weighted by Gasteiger charge is 2.10. The fourth-order valence-corrected chi connectivity index (χ4v) is 2.97. The van der Waals surface area contributed by atoms with Gasteiger partial charge in [0.2, 0.25) is 0 Å². The van der Waals surface area contributed by atoms with Crippen LogP contribution in [0.5, 0.6) is 11.5 Å². The molecule has 0 spiro atoms. The van der Waals surface area contributed by atoms with Crippen molar-refractivity contribution in [2.24, 2.45) is 0 Å². The maximum atomic E-state index is 12.6. The Morgan fingerprint density at radius 2 is 1.06 bits per heavy atom. The monoisotopic (exact) mass is 408 g/mol. The number of carbonyl (C=O) groups is 2. The van der Waals surface area contributed by atoms with Crippen LogP contribution in [0.1, 0.15) is 20.7 Å². The van der Waals surface area contributed by atoms with Gasteiger partial charge in [-0.1, -0.05) is 42.5 Å². The van der Waals surface area contributed by atoms with Crippen LogP contribution >= 0.6 is 0 Å². The summed E-state index contributed by atoms with van der Waals surface area (Å²) in [4.78, 5) is 25.0. The van der Waals surface area contributed by atoms with Gasteiger partial charge < -0.3 is 15.4 Å². The van der Waals surface area contributed by atoms with Gasteiger partial charge in [0, 0.05) is 22.5 Å². The molecule has 0 saturated carbocycles. The second-order valence-electron chi connectivity index (χ2n) is 6.79. The van der Waals surface area contributed by atoms with E-state index in [-0.39, 0.29) is 11.8 Å². The van der Waals surface area contributed by atoms with Crippen molar-refractivity contribution in [2.75, 3.05) is 10.6 Å². The minimum Gasteiger partial charge on any atom is -0.457 e. The van der Waals surface area contributed by atoms with E-state index in [2.05, 4.69) is 10.6 Å². The SMILES string of the molecule is O=C(Nc1cccc(C(=O)Nc2ccc(Oc3ccccc3)cc2)c1)c1ccccc1. The molecule has 0 aliphatic rings. The first-order valence-electron chi connectivity index (χ1n) is 9.78. The molecular weight excluding hydrogens is 388 g/mol. The third kappa shape index (κ3) is 5.36. The normalized spacial score (nSPS) is 10.2. The Hall–Kier alpha value is -4.38. The zero-order valence-electron chi connectivity index (χ0n) is 16.6. The van der Waals surface area contributed by atoms with Crippen molar-refractivity contribution >= 4 is 23.2 Å². The summed E-state index contributed by atoms with van der Waals surface area (Å²) >= 11 is 0. The van der Waals surface area contributed by atoms with E-state index in [1.807, 2.05) is 36.4 Å². The summed E-state index contributed by atoms with van der Waals surface area (Å²) in [7, 11) is 0. The number of amides is 2. The van der Waals surface area contributed by atoms with Crippen molar-refractivity contribution in [3.63, 3.8) is 0 Å². The Morgan fingerprint density at radius 3 is 1.77 bits per heavy atom. The summed E-state index contributed by atoms with van der Waals surface area (Å²) in [5.74, 6) is 0.920. The van der Waals surface area contributed by atoms with Crippen molar-refractivity contribution in [1.29, 1.82) is 0 Å². The Balaban J connectivity index is 1.39. The number of rotatable bonds is 6. The highest BCUT2D eigenvalue weighted by Crippen LogP contribution is 2.23. The van der Waals surface area contributed by atoms with E-state index in [0.717, 1.165) is 5.75 Å². The zero-order chi connectivity index (χ0) is 21.5. The Labute approximate surface area is 180 Å². The molecule has 2 N–H and O–H groups in total. The molecule has 31 heavy (non-hydrogen) atoms. The van der Waals surface area contributed by atoms with Crippen LogP contribution in [0.25, 0.3) is 0 Å². The number of anilines is 2. The standard InChI is InChI=1S/C26H20N2O3/c29-25(19-8-3-1-4-9-19)28-22-11-7-10-20(18-22)26(30)27-21-14-16-24(17-15-21)31-23-12-5-2-6-13-23/h1-18H,(H,27,30)(H,28,29). The molecule has 4 rings (SSSR count). The molecule has 152 valence electrons. The third-order valence-corrected chi connectivity index (χ3v) is 4.51. The lowest BCUT2D eigenvalue weighted by molar-refractivity contribution is 0.101. The van der Waals surface area contributed by atoms with Gasteiger partial charge in [0.1, 0.15) is 11.5 Å². The van der Waals surface area contributed by atoms with Gasteiger partial charge in [0.05, 0.1) is 0 Å². The largest absolute Gasteiger partial charge is 0.457 e. The summed E-state index contributed by atoms with van der Waals surface area (Å²) in [6.45, 7) is 0. The van der Waals surface area contributed by atoms with E-state index in [4.69, 9.17) is 4.74 Å². The molecule has 5 nitrogen and oxygen atoms in total. The van der Waals surface area contributed by atoms with Crippen LogP contribution in [0.3, 0.4) is 0 Å². The topological polar surface area (TPSA) is 67.4 Å². The molecule has 0 aliphatic carbocycles. The number of para-hydroxylation sites is 1. The van der Waals surface area contributed by atoms with Crippen molar-refractivity contribution in [3.8, 4) is 11.5 Å². The van der Waals surface area contributed by atoms with Crippen LogP contribution in [-0.4, -0.2) is 11.8 Å². The third-order valence-electron chi connectivity index (χ3n) is 4.51. The van der Waals surface area contributed by atoms with E-state index in [1.165, 1.54) is 0 Å². The molecule has 0 saturated heterocycles. The molecule has 0 aromatic heterocycles. The van der Waals surface area contributed by atoms with Crippen molar-refractivity contribution in [2.45, 2.75) is 0 Å². The molecule has 4 aromatic carbocycles. The molecule has 4 aromatic rings. The Bertz CT molecular complexity index is 1170. The molecule has 0 fully saturated rings. The molecule has 0 aliphatic heterocycles. The number of hydrogen-bond donors (Lipinski definition) is 2. The van der Waals surface area contributed by atoms with Crippen molar-refractivity contribution in [3.05, 3.63) is 120 Å². The molecule has 2 amide bonds. The van der Waals surface area contributed by atoms with Gasteiger partial charge in [-0.15, -0.1) is 0 Å². The first-order chi connectivity index (χ1) is 15.2. The number of benzene rings is 4. The second kappa shape index (κ2) is 9.41. The summed E-state index contributed by atoms with van der Waals surface area (Å²) < 4.78 is 5.76. The summed E-state index contributed by atoms with van der Waals surface area (Å²) in [6.07, 6.45) is 0. The Kier molecular flexibility index (Phi) is 6.05. The van der Waals surface area contributed by atoms with Gasteiger partial charge in [-0.05, 0) is 66.7 Å². The Morgan fingerprint density at radius 1 is 0.516 bits per heavy atom. The predicted octanol–water partition coefficient (Wildman–Crippen LogP) is 5.98. The quantitative estimate of drug-likeness (QED) is 0.412. The lowest BCUT2D eigenvalue weighted by Crippen LogP contribution is -2.14. The predicted molar refractivity (Wildman–Crippen MR) is 122 cm³/mol. The van der Waals surface area contributed by atoms with Gasteiger partial charge in [-0.25, -0.2) is 0 Å². The van der Waals surface area contributed by atoms with Gasteiger partial charge in [-0.3, -0.25) is 9.59 Å². The fraction of sp³-hybridized carbons (Fsp3) is 0. The van der Waals surface area contributed by atoms with E-state index >= 15 is 0 Å². The van der Waals surface area contributed by atoms with Gasteiger partial charge in [0.15, 0.2) is 0 Å². The van der Waals surface area contributed by atoms with Crippen molar-refractivity contribution < 1.29 is 14.3 Å². The van der Waals surface area contributed by atoms with Crippen molar-refractivity contribution in [1.82, 2.24) is 0 Å². The molecule has 0 bridgehead atoms. The molecule has 0 radical (unpaired) electrons. The average molecular weight is 408 g/mol. The first kappa shape index (κ1) is 19.9. The van der Waals surface area contributed by atoms with E-state index in [0.29, 0.717) is 28.3 Å². The molecule has 0 unspecified atom stereocenters. The molecule has 5 heteroatoms. The smallest absolute Gasteiger partial charge is 0.255 e. The lowest BCUT2D eigenvalue weighted by Gasteiger charge is -2.10. The van der Waals surface area contributed by atoms with Crippen LogP contribution in [0.4, 0.5) is 11.4 Å². The lowest BCUT2D eigenvalue weighted by atomic mass is 10.1. The number of hydrogen-bond acceptors (Lipinski definition) is 3. The van der Waals surface area contributed by atoms with Crippen LogP contribution in [0.15, 0.2) is 109 Å². The molecule has 0 atom stereocenters. The number of nitrogens with one attached hydrogen (secondary N) is 2. The first-order valence-corrected chi connectivity index (χ1v) is 9.78. The van der Waals surface area contributed by atoms with Crippen LogP contribution in [0, 0.1) is 0 Å². The maximum absolute atomic E-state index is 12.6. The van der Waals surface area contributed by atoms with Crippen LogP contribution in [0.2, 0.25) is 0 Å². The van der Waals surface area contributed by atoms with E-state index in [1.54, 1.807) is 72.8 Å². The van der Waals surface area contributed by atoms with Gasteiger partial charge >= 0.3 is 0 Å². The average Bonchev–Trinajstić information content (AvgIpc) is 2.82. The second-order valence-corrected chi connectivity index (χ2v) is 6.79. The van der Waals surface area contributed by atoms with E-state index < -0.39 is 0 Å². The number of carbonyl (C=O) groups excluding carboxylic acids is 2. The minimum atomic E-state index is -0.271. The fourth-order valence-electron chi connectivity index (χ4n) is 2.97. The zero-order valence-corrected chi connectivity index (χ0v) is 16.6. The van der Waals surface area contributed by atoms with Gasteiger partial charge in [-0.2, -0.15) is 0 Å². The molecule has 0 heterocycles. The summed E-state index contributed by atoms with van der Waals surface area (Å²) in [5.41, 5.74) is 2.18. The highest BCUT2D eigenvalue weighted by molar-refractivity contribution is 6.07. The van der Waals surface area contributed by atoms with Crippen LogP contribution in [-0.2, 0) is 0 Å². The summed E-state index contributed by atoms with van der Waals surface area (Å²) in [5, 5.41) is 5.67. The van der Waals surface area contributed by atoms with Gasteiger partial charge in [0.25, 0.3) is 11.8 Å². The van der Waals surface area contributed by atoms with E-state index in [9.17, 15) is 9.59 Å². The molecular formula is C26H20N2O3. The summed E-state index contributed by atoms with van der Waals surface area (Å²) in [6, 6.07) is 32.3. The van der Waals surface area contributed by atoms with Crippen LogP contribution < -0.4 is 15.4 Å². The number of ether oxygens (including phenoxy) is 1. The maximum Gasteiger partial charge on any atom is 0.255 e. The minimum absolute atomic E-state index is 0.229. The highest BCUT2D eigenvalue weighted by atomic mass is 16.5.